The number of carbonyl (C=O) groups excluding carboxylic acids is 1. The average Bonchev–Trinajstić information content (AvgIpc) is 2.52. The number of carbonyl (C=O) groups is 1. The number of nitrogens with one attached hydrogen (secondary N) is 2. The number of hydrogen-bond acceptors (Lipinski definition) is 3. The molecule has 2 aromatic rings. The Balaban J connectivity index is 2.53. The van der Waals surface area contributed by atoms with Crippen LogP contribution in [0.5, 0.6) is 0 Å². The Morgan fingerprint density at radius 3 is 2.19 bits per heavy atom. The van der Waals surface area contributed by atoms with Crippen LogP contribution in [0.1, 0.15) is 12.5 Å². The van der Waals surface area contributed by atoms with E-state index in [1.807, 2.05) is 0 Å². The molecule has 0 saturated carbocycles. The Morgan fingerprint density at radius 1 is 1.00 bits per heavy atom. The molecule has 0 aliphatic rings. The van der Waals surface area contributed by atoms with Crippen LogP contribution in [0.3, 0.4) is 0 Å². The lowest BCUT2D eigenvalue weighted by molar-refractivity contribution is -0.136. The van der Waals surface area contributed by atoms with Crippen molar-refractivity contribution in [2.24, 2.45) is 0 Å². The first kappa shape index (κ1) is 20.6. The molecule has 0 unspecified atom stereocenters. The van der Waals surface area contributed by atoms with E-state index < -0.39 is 55.7 Å². The summed E-state index contributed by atoms with van der Waals surface area (Å²) in [6, 6.07) is 2.80. The standard InChI is InChI=1S/C15H10F6N2O3S/c1-7(24)22-8-2-4-11(9(6-8)15(19,20)21)23-27(25,26)12-5-3-10(16)13(17)14(12)18/h2-6,23H,1H3,(H,22,24). The third-order valence-corrected chi connectivity index (χ3v) is 4.56. The fourth-order valence-electron chi connectivity index (χ4n) is 2.06. The highest BCUT2D eigenvalue weighted by atomic mass is 32.2. The van der Waals surface area contributed by atoms with Crippen LogP contribution in [0.2, 0.25) is 0 Å². The molecule has 0 atom stereocenters. The molecule has 0 aliphatic heterocycles. The zero-order valence-electron chi connectivity index (χ0n) is 13.3. The predicted molar refractivity (Wildman–Crippen MR) is 82.9 cm³/mol. The van der Waals surface area contributed by atoms with Crippen molar-refractivity contribution in [1.29, 1.82) is 0 Å². The molecular formula is C15H10F6N2O3S. The molecule has 12 heteroatoms. The zero-order chi connectivity index (χ0) is 20.6. The molecule has 146 valence electrons. The van der Waals surface area contributed by atoms with E-state index in [-0.39, 0.29) is 5.69 Å². The molecule has 0 radical (unpaired) electrons. The van der Waals surface area contributed by atoms with Gasteiger partial charge in [0.1, 0.15) is 4.90 Å². The number of amides is 1. The second-order valence-corrected chi connectivity index (χ2v) is 6.87. The van der Waals surface area contributed by atoms with Gasteiger partial charge in [0.05, 0.1) is 11.3 Å². The van der Waals surface area contributed by atoms with Gasteiger partial charge >= 0.3 is 6.18 Å². The number of sulfonamides is 1. The van der Waals surface area contributed by atoms with Crippen LogP contribution < -0.4 is 10.0 Å². The van der Waals surface area contributed by atoms with Crippen LogP contribution >= 0.6 is 0 Å². The van der Waals surface area contributed by atoms with Crippen molar-refractivity contribution in [3.05, 3.63) is 53.3 Å². The second-order valence-electron chi connectivity index (χ2n) is 5.22. The number of alkyl halides is 3. The predicted octanol–water partition coefficient (Wildman–Crippen LogP) is 3.88. The molecule has 2 rings (SSSR count). The quantitative estimate of drug-likeness (QED) is 0.591. The number of hydrogen-bond donors (Lipinski definition) is 2. The van der Waals surface area contributed by atoms with Crippen molar-refractivity contribution in [3.63, 3.8) is 0 Å². The largest absolute Gasteiger partial charge is 0.418 e. The molecule has 0 heterocycles. The summed E-state index contributed by atoms with van der Waals surface area (Å²) in [5.41, 5.74) is -2.75. The second kappa shape index (κ2) is 7.10. The summed E-state index contributed by atoms with van der Waals surface area (Å²) in [5, 5.41) is 2.09. The fourth-order valence-corrected chi connectivity index (χ4v) is 3.21. The molecular weight excluding hydrogens is 402 g/mol. The summed E-state index contributed by atoms with van der Waals surface area (Å²) in [6.07, 6.45) is -5.04. The molecule has 5 nitrogen and oxygen atoms in total. The molecule has 0 aliphatic carbocycles. The molecule has 0 bridgehead atoms. The minimum Gasteiger partial charge on any atom is -0.326 e. The highest BCUT2D eigenvalue weighted by Crippen LogP contribution is 2.37. The molecule has 0 saturated heterocycles. The highest BCUT2D eigenvalue weighted by Gasteiger charge is 2.35. The summed E-state index contributed by atoms with van der Waals surface area (Å²) >= 11 is 0. The van der Waals surface area contributed by atoms with Crippen molar-refractivity contribution in [1.82, 2.24) is 0 Å². The van der Waals surface area contributed by atoms with Gasteiger partial charge in [0, 0.05) is 12.6 Å². The molecule has 1 amide bonds. The maximum Gasteiger partial charge on any atom is 0.418 e. The molecule has 2 N–H and O–H groups in total. The first-order valence-corrected chi connectivity index (χ1v) is 8.46. The highest BCUT2D eigenvalue weighted by molar-refractivity contribution is 7.92. The van der Waals surface area contributed by atoms with Crippen molar-refractivity contribution >= 4 is 27.3 Å². The van der Waals surface area contributed by atoms with Crippen LogP contribution in [-0.2, 0) is 21.0 Å². The monoisotopic (exact) mass is 412 g/mol. The molecule has 27 heavy (non-hydrogen) atoms. The molecule has 0 spiro atoms. The lowest BCUT2D eigenvalue weighted by atomic mass is 10.1. The molecule has 2 aromatic carbocycles. The van der Waals surface area contributed by atoms with Gasteiger partial charge in [-0.15, -0.1) is 0 Å². The van der Waals surface area contributed by atoms with E-state index in [0.717, 1.165) is 13.0 Å². The van der Waals surface area contributed by atoms with Crippen LogP contribution in [0.15, 0.2) is 35.2 Å². The molecule has 0 aromatic heterocycles. The average molecular weight is 412 g/mol. The lowest BCUT2D eigenvalue weighted by Gasteiger charge is -2.16. The van der Waals surface area contributed by atoms with Gasteiger partial charge in [-0.3, -0.25) is 9.52 Å². The number of benzene rings is 2. The van der Waals surface area contributed by atoms with Gasteiger partial charge in [-0.2, -0.15) is 13.2 Å². The first-order chi connectivity index (χ1) is 12.3. The smallest absolute Gasteiger partial charge is 0.326 e. The topological polar surface area (TPSA) is 75.3 Å². The maximum absolute atomic E-state index is 13.7. The van der Waals surface area contributed by atoms with E-state index in [0.29, 0.717) is 24.3 Å². The van der Waals surface area contributed by atoms with E-state index in [4.69, 9.17) is 0 Å². The zero-order valence-corrected chi connectivity index (χ0v) is 14.1. The Morgan fingerprint density at radius 2 is 1.63 bits per heavy atom. The number of anilines is 2. The van der Waals surface area contributed by atoms with Gasteiger partial charge in [0.15, 0.2) is 17.5 Å². The summed E-state index contributed by atoms with van der Waals surface area (Å²) in [6.45, 7) is 1.05. The Kier molecular flexibility index (Phi) is 5.40. The Bertz CT molecular complexity index is 1010. The lowest BCUT2D eigenvalue weighted by Crippen LogP contribution is -2.19. The normalized spacial score (nSPS) is 12.0. The Hall–Kier alpha value is -2.76. The Labute approximate surface area is 149 Å². The van der Waals surface area contributed by atoms with Gasteiger partial charge in [-0.05, 0) is 30.3 Å². The van der Waals surface area contributed by atoms with Gasteiger partial charge in [0.25, 0.3) is 10.0 Å². The first-order valence-electron chi connectivity index (χ1n) is 6.98. The van der Waals surface area contributed by atoms with Crippen LogP contribution in [-0.4, -0.2) is 14.3 Å². The minimum absolute atomic E-state index is 0.267. The number of rotatable bonds is 4. The summed E-state index contributed by atoms with van der Waals surface area (Å²) in [4.78, 5) is 9.58. The van der Waals surface area contributed by atoms with E-state index in [2.05, 4.69) is 5.32 Å². The minimum atomic E-state index is -5.04. The van der Waals surface area contributed by atoms with Crippen LogP contribution in [0.25, 0.3) is 0 Å². The van der Waals surface area contributed by atoms with Crippen molar-refractivity contribution < 1.29 is 39.6 Å². The van der Waals surface area contributed by atoms with E-state index in [9.17, 15) is 39.6 Å². The van der Waals surface area contributed by atoms with Gasteiger partial charge in [-0.25, -0.2) is 21.6 Å². The third kappa shape index (κ3) is 4.51. The van der Waals surface area contributed by atoms with E-state index >= 15 is 0 Å². The van der Waals surface area contributed by atoms with Crippen LogP contribution in [0, 0.1) is 17.5 Å². The van der Waals surface area contributed by atoms with Crippen molar-refractivity contribution in [3.8, 4) is 0 Å². The fraction of sp³-hybridized carbons (Fsp3) is 0.133. The summed E-state index contributed by atoms with van der Waals surface area (Å²) in [7, 11) is -5.02. The van der Waals surface area contributed by atoms with E-state index in [1.165, 1.54) is 4.72 Å². The summed E-state index contributed by atoms with van der Waals surface area (Å²) in [5.74, 6) is -6.50. The van der Waals surface area contributed by atoms with Crippen LogP contribution in [0.4, 0.5) is 37.7 Å². The van der Waals surface area contributed by atoms with Gasteiger partial charge in [-0.1, -0.05) is 0 Å². The van der Waals surface area contributed by atoms with Crippen molar-refractivity contribution in [2.75, 3.05) is 10.0 Å². The summed E-state index contributed by atoms with van der Waals surface area (Å²) < 4.78 is 105. The van der Waals surface area contributed by atoms with Crippen molar-refractivity contribution in [2.45, 2.75) is 18.0 Å². The molecule has 0 fully saturated rings. The van der Waals surface area contributed by atoms with Gasteiger partial charge in [0.2, 0.25) is 5.91 Å². The maximum atomic E-state index is 13.7. The SMILES string of the molecule is CC(=O)Nc1ccc(NS(=O)(=O)c2ccc(F)c(F)c2F)c(C(F)(F)F)c1. The number of halogens is 6. The van der Waals surface area contributed by atoms with E-state index in [1.54, 1.807) is 0 Å². The van der Waals surface area contributed by atoms with Gasteiger partial charge < -0.3 is 5.32 Å². The third-order valence-electron chi connectivity index (χ3n) is 3.18.